The average Bonchev–Trinajstić information content (AvgIpc) is 3.45. The number of hydrogen-bond acceptors (Lipinski definition) is 10. The van der Waals surface area contributed by atoms with Gasteiger partial charge < -0.3 is 30.0 Å². The number of aromatic amines is 1. The van der Waals surface area contributed by atoms with Gasteiger partial charge in [-0.05, 0) is 69.5 Å². The zero-order chi connectivity index (χ0) is 32.4. The number of rotatable bonds is 9. The number of benzene rings is 2. The number of nitrogens with zero attached hydrogens (tertiary/aromatic N) is 4. The van der Waals surface area contributed by atoms with E-state index < -0.39 is 15.1 Å². The SMILES string of the molecule is COc1cc(C(=O)N2CCC(N3CCOCC3)CC2)ccc1Nc1nc(Nc2ccccc2S(=O)(=O)C(C)C)c2c(C)c[nH]c2n1. The molecule has 0 saturated carbocycles. The van der Waals surface area contributed by atoms with Crippen molar-refractivity contribution in [1.82, 2.24) is 24.8 Å². The van der Waals surface area contributed by atoms with Gasteiger partial charge in [0, 0.05) is 44.0 Å². The fourth-order valence-corrected chi connectivity index (χ4v) is 7.34. The Labute approximate surface area is 269 Å². The summed E-state index contributed by atoms with van der Waals surface area (Å²) in [4.78, 5) is 30.7. The number of sulfone groups is 1. The highest BCUT2D eigenvalue weighted by Gasteiger charge is 2.29. The van der Waals surface area contributed by atoms with Crippen LogP contribution in [0.2, 0.25) is 0 Å². The second kappa shape index (κ2) is 13.3. The molecule has 0 radical (unpaired) electrons. The highest BCUT2D eigenvalue weighted by Crippen LogP contribution is 2.34. The topological polar surface area (TPSA) is 142 Å². The Morgan fingerprint density at radius 3 is 2.48 bits per heavy atom. The first-order chi connectivity index (χ1) is 22.2. The Morgan fingerprint density at radius 2 is 1.76 bits per heavy atom. The quantitative estimate of drug-likeness (QED) is 0.230. The second-order valence-electron chi connectivity index (χ2n) is 12.0. The summed E-state index contributed by atoms with van der Waals surface area (Å²) in [6, 6.07) is 12.6. The minimum atomic E-state index is -3.56. The van der Waals surface area contributed by atoms with E-state index in [1.165, 1.54) is 0 Å². The third-order valence-corrected chi connectivity index (χ3v) is 11.0. The van der Waals surface area contributed by atoms with Crippen molar-refractivity contribution in [2.45, 2.75) is 49.8 Å². The van der Waals surface area contributed by atoms with Crippen LogP contribution in [0.5, 0.6) is 5.75 Å². The number of nitrogens with one attached hydrogen (secondary N) is 3. The van der Waals surface area contributed by atoms with Crippen molar-refractivity contribution < 1.29 is 22.7 Å². The van der Waals surface area contributed by atoms with E-state index >= 15 is 0 Å². The smallest absolute Gasteiger partial charge is 0.253 e. The molecule has 2 saturated heterocycles. The second-order valence-corrected chi connectivity index (χ2v) is 14.5. The van der Waals surface area contributed by atoms with Crippen LogP contribution < -0.4 is 15.4 Å². The van der Waals surface area contributed by atoms with Crippen molar-refractivity contribution in [3.63, 3.8) is 0 Å². The fraction of sp³-hybridized carbons (Fsp3) is 0.424. The van der Waals surface area contributed by atoms with Crippen LogP contribution in [0.1, 0.15) is 42.6 Å². The number of methoxy groups -OCH3 is 1. The van der Waals surface area contributed by atoms with Gasteiger partial charge in [0.05, 0.1) is 47.2 Å². The summed E-state index contributed by atoms with van der Waals surface area (Å²) in [5.41, 5.74) is 3.04. The van der Waals surface area contributed by atoms with Crippen molar-refractivity contribution in [1.29, 1.82) is 0 Å². The lowest BCUT2D eigenvalue weighted by Crippen LogP contribution is -2.50. The first-order valence-electron chi connectivity index (χ1n) is 15.7. The monoisotopic (exact) mass is 647 g/mol. The predicted molar refractivity (Wildman–Crippen MR) is 178 cm³/mol. The molecule has 4 aromatic rings. The predicted octanol–water partition coefficient (Wildman–Crippen LogP) is 4.88. The number of para-hydroxylation sites is 1. The van der Waals surface area contributed by atoms with E-state index in [1.807, 2.05) is 18.0 Å². The van der Waals surface area contributed by atoms with Gasteiger partial charge in [0.15, 0.2) is 9.84 Å². The van der Waals surface area contributed by atoms with Crippen LogP contribution >= 0.6 is 0 Å². The number of carbonyl (C=O) groups is 1. The van der Waals surface area contributed by atoms with E-state index in [9.17, 15) is 13.2 Å². The molecule has 4 heterocycles. The van der Waals surface area contributed by atoms with Crippen molar-refractivity contribution in [2.75, 3.05) is 57.1 Å². The lowest BCUT2D eigenvalue weighted by Gasteiger charge is -2.40. The van der Waals surface area contributed by atoms with E-state index in [1.54, 1.807) is 63.4 Å². The van der Waals surface area contributed by atoms with Crippen LogP contribution in [0, 0.1) is 6.92 Å². The molecule has 0 atom stereocenters. The van der Waals surface area contributed by atoms with E-state index in [2.05, 4.69) is 25.5 Å². The van der Waals surface area contributed by atoms with Gasteiger partial charge in [-0.15, -0.1) is 0 Å². The summed E-state index contributed by atoms with van der Waals surface area (Å²) in [7, 11) is -2.00. The summed E-state index contributed by atoms with van der Waals surface area (Å²) < 4.78 is 37.4. The van der Waals surface area contributed by atoms with Crippen molar-refractivity contribution in [2.24, 2.45) is 0 Å². The van der Waals surface area contributed by atoms with Crippen LogP contribution in [-0.4, -0.2) is 96.9 Å². The number of amides is 1. The van der Waals surface area contributed by atoms with Gasteiger partial charge in [-0.3, -0.25) is 9.69 Å². The van der Waals surface area contributed by atoms with Crippen molar-refractivity contribution in [3.8, 4) is 5.75 Å². The highest BCUT2D eigenvalue weighted by atomic mass is 32.2. The molecule has 2 fully saturated rings. The molecule has 244 valence electrons. The molecule has 2 aliphatic rings. The summed E-state index contributed by atoms with van der Waals surface area (Å²) in [5, 5.41) is 6.65. The van der Waals surface area contributed by atoms with Gasteiger partial charge >= 0.3 is 0 Å². The minimum Gasteiger partial charge on any atom is -0.495 e. The Hall–Kier alpha value is -4.20. The molecule has 0 bridgehead atoms. The summed E-state index contributed by atoms with van der Waals surface area (Å²) in [5.74, 6) is 1.17. The van der Waals surface area contributed by atoms with Crippen LogP contribution in [0.4, 0.5) is 23.1 Å². The van der Waals surface area contributed by atoms with Gasteiger partial charge in [-0.1, -0.05) is 12.1 Å². The lowest BCUT2D eigenvalue weighted by atomic mass is 10.0. The molecular weight excluding hydrogens is 606 g/mol. The number of ether oxygens (including phenoxy) is 2. The maximum Gasteiger partial charge on any atom is 0.253 e. The van der Waals surface area contributed by atoms with E-state index in [-0.39, 0.29) is 16.8 Å². The van der Waals surface area contributed by atoms with Gasteiger partial charge in [-0.25, -0.2) is 8.42 Å². The molecule has 13 heteroatoms. The molecule has 2 aromatic carbocycles. The van der Waals surface area contributed by atoms with Gasteiger partial charge in [0.2, 0.25) is 5.95 Å². The lowest BCUT2D eigenvalue weighted by molar-refractivity contribution is 0.00159. The van der Waals surface area contributed by atoms with Gasteiger partial charge in [0.25, 0.3) is 5.91 Å². The van der Waals surface area contributed by atoms with E-state index in [0.29, 0.717) is 53.3 Å². The number of anilines is 4. The zero-order valence-electron chi connectivity index (χ0n) is 26.7. The Morgan fingerprint density at radius 1 is 1.02 bits per heavy atom. The van der Waals surface area contributed by atoms with Crippen LogP contribution in [0.3, 0.4) is 0 Å². The molecule has 46 heavy (non-hydrogen) atoms. The fourth-order valence-electron chi connectivity index (χ4n) is 6.14. The van der Waals surface area contributed by atoms with Crippen LogP contribution in [-0.2, 0) is 14.6 Å². The molecule has 6 rings (SSSR count). The first kappa shape index (κ1) is 31.8. The number of likely N-dealkylation sites (tertiary alicyclic amines) is 1. The standard InChI is InChI=1S/C33H41N7O5S/c1-21(2)46(42,43)28-8-6-5-7-26(28)35-31-29-22(3)20-34-30(29)37-33(38-31)36-25-10-9-23(19-27(25)44-4)32(41)40-13-11-24(12-14-40)39-15-17-45-18-16-39/h5-10,19-21,24H,11-18H2,1-4H3,(H3,34,35,36,37,38). The maximum absolute atomic E-state index is 13.5. The number of piperidine rings is 1. The van der Waals surface area contributed by atoms with E-state index in [0.717, 1.165) is 50.1 Å². The third-order valence-electron chi connectivity index (χ3n) is 8.80. The van der Waals surface area contributed by atoms with Crippen molar-refractivity contribution >= 4 is 49.9 Å². The molecule has 0 aliphatic carbocycles. The number of carbonyl (C=O) groups excluding carboxylic acids is 1. The summed E-state index contributed by atoms with van der Waals surface area (Å²) in [6.07, 6.45) is 3.73. The van der Waals surface area contributed by atoms with E-state index in [4.69, 9.17) is 14.5 Å². The minimum absolute atomic E-state index is 0.0219. The molecule has 0 unspecified atom stereocenters. The van der Waals surface area contributed by atoms with Gasteiger partial charge in [-0.2, -0.15) is 9.97 Å². The Balaban J connectivity index is 1.23. The Bertz CT molecular complexity index is 1830. The molecular formula is C33H41N7O5S. The number of hydrogen-bond donors (Lipinski definition) is 3. The molecule has 0 spiro atoms. The normalized spacial score (nSPS) is 16.6. The summed E-state index contributed by atoms with van der Waals surface area (Å²) >= 11 is 0. The maximum atomic E-state index is 13.5. The van der Waals surface area contributed by atoms with Gasteiger partial charge in [0.1, 0.15) is 17.2 Å². The molecule has 1 amide bonds. The average molecular weight is 648 g/mol. The largest absolute Gasteiger partial charge is 0.495 e. The summed E-state index contributed by atoms with van der Waals surface area (Å²) in [6.45, 7) is 10.1. The third kappa shape index (κ3) is 6.39. The number of aryl methyl sites for hydroxylation is 1. The van der Waals surface area contributed by atoms with Crippen LogP contribution in [0.25, 0.3) is 11.0 Å². The highest BCUT2D eigenvalue weighted by molar-refractivity contribution is 7.92. The molecule has 2 aliphatic heterocycles. The van der Waals surface area contributed by atoms with Crippen LogP contribution in [0.15, 0.2) is 53.6 Å². The molecule has 2 aromatic heterocycles. The van der Waals surface area contributed by atoms with Crippen molar-refractivity contribution in [3.05, 3.63) is 59.8 Å². The number of aromatic nitrogens is 3. The molecule has 3 N–H and O–H groups in total. The zero-order valence-corrected chi connectivity index (χ0v) is 27.5. The molecule has 12 nitrogen and oxygen atoms in total. The first-order valence-corrected chi connectivity index (χ1v) is 17.2. The Kier molecular flexibility index (Phi) is 9.16. The number of fused-ring (bicyclic) bond motifs is 1. The number of H-pyrrole nitrogens is 1. The number of morpholine rings is 1.